The van der Waals surface area contributed by atoms with Crippen LogP contribution < -0.4 is 4.90 Å². The Morgan fingerprint density at radius 1 is 1.16 bits per heavy atom. The molecule has 2 fully saturated rings. The summed E-state index contributed by atoms with van der Waals surface area (Å²) in [6.07, 6.45) is 2.54. The number of alkyl halides is 3. The third-order valence-corrected chi connectivity index (χ3v) is 4.49. The van der Waals surface area contributed by atoms with Crippen molar-refractivity contribution in [2.75, 3.05) is 11.9 Å². The molecule has 0 aliphatic heterocycles. The summed E-state index contributed by atoms with van der Waals surface area (Å²) in [5.41, 5.74) is -0.933. The van der Waals surface area contributed by atoms with Crippen LogP contribution in [-0.2, 0) is 6.18 Å². The summed E-state index contributed by atoms with van der Waals surface area (Å²) < 4.78 is 37.3. The smallest absolute Gasteiger partial charge is 0.355 e. The molecule has 2 aliphatic carbocycles. The third kappa shape index (κ3) is 2.28. The van der Waals surface area contributed by atoms with Crippen molar-refractivity contribution < 1.29 is 13.2 Å². The van der Waals surface area contributed by atoms with E-state index in [1.165, 1.54) is 25.5 Å². The molecule has 0 N–H and O–H groups in total. The monoisotopic (exact) mass is 271 g/mol. The molecule has 2 aliphatic rings. The van der Waals surface area contributed by atoms with E-state index in [0.717, 1.165) is 18.5 Å². The number of nitrogens with zero attached hydrogens (tertiary/aromatic N) is 3. The molecule has 3 unspecified atom stereocenters. The van der Waals surface area contributed by atoms with Crippen LogP contribution in [-0.4, -0.2) is 23.1 Å². The van der Waals surface area contributed by atoms with Crippen molar-refractivity contribution in [2.24, 2.45) is 11.8 Å². The molecule has 2 saturated carbocycles. The third-order valence-electron chi connectivity index (χ3n) is 4.49. The molecule has 3 nitrogen and oxygen atoms in total. The first kappa shape index (κ1) is 12.7. The zero-order valence-electron chi connectivity index (χ0n) is 10.7. The molecule has 0 aromatic carbocycles. The average Bonchev–Trinajstić information content (AvgIpc) is 2.99. The van der Waals surface area contributed by atoms with Crippen molar-refractivity contribution in [3.8, 4) is 0 Å². The first-order chi connectivity index (χ1) is 8.95. The van der Waals surface area contributed by atoms with Crippen LogP contribution in [0, 0.1) is 11.8 Å². The minimum Gasteiger partial charge on any atom is -0.355 e. The van der Waals surface area contributed by atoms with Crippen molar-refractivity contribution in [1.29, 1.82) is 0 Å². The van der Waals surface area contributed by atoms with Gasteiger partial charge in [-0.3, -0.25) is 0 Å². The van der Waals surface area contributed by atoms with Crippen LogP contribution in [0.25, 0.3) is 0 Å². The Balaban J connectivity index is 1.75. The fourth-order valence-electron chi connectivity index (χ4n) is 3.51. The number of fused-ring (bicyclic) bond motifs is 2. The van der Waals surface area contributed by atoms with Crippen molar-refractivity contribution in [1.82, 2.24) is 9.97 Å². The second kappa shape index (κ2) is 4.35. The van der Waals surface area contributed by atoms with Gasteiger partial charge in [-0.2, -0.15) is 13.2 Å². The summed E-state index contributed by atoms with van der Waals surface area (Å²) in [6, 6.07) is 0.407. The molecule has 6 heteroatoms. The van der Waals surface area contributed by atoms with Crippen LogP contribution in [0.2, 0.25) is 0 Å². The Bertz CT molecular complexity index is 457. The van der Waals surface area contributed by atoms with Gasteiger partial charge in [0.15, 0.2) is 5.69 Å². The number of hydrogen-bond acceptors (Lipinski definition) is 3. The highest BCUT2D eigenvalue weighted by Crippen LogP contribution is 2.46. The molecule has 0 saturated heterocycles. The lowest BCUT2D eigenvalue weighted by molar-refractivity contribution is -0.141. The molecule has 3 rings (SSSR count). The van der Waals surface area contributed by atoms with Crippen LogP contribution in [0.1, 0.15) is 31.4 Å². The molecule has 0 amide bonds. The Hall–Kier alpha value is -1.33. The highest BCUT2D eigenvalue weighted by atomic mass is 19.4. The van der Waals surface area contributed by atoms with Crippen LogP contribution in [0.3, 0.4) is 0 Å². The fraction of sp³-hybridized carbons (Fsp3) is 0.692. The molecular formula is C13H16F3N3. The van der Waals surface area contributed by atoms with Gasteiger partial charge in [-0.15, -0.1) is 0 Å². The van der Waals surface area contributed by atoms with E-state index >= 15 is 0 Å². The van der Waals surface area contributed by atoms with Crippen LogP contribution in [0.5, 0.6) is 0 Å². The van der Waals surface area contributed by atoms with Crippen molar-refractivity contribution in [3.63, 3.8) is 0 Å². The van der Waals surface area contributed by atoms with Crippen molar-refractivity contribution >= 4 is 5.82 Å². The van der Waals surface area contributed by atoms with Gasteiger partial charge in [-0.1, -0.05) is 6.42 Å². The zero-order valence-corrected chi connectivity index (χ0v) is 10.7. The molecule has 104 valence electrons. The normalized spacial score (nSPS) is 29.8. The van der Waals surface area contributed by atoms with Gasteiger partial charge in [0.25, 0.3) is 0 Å². The fourth-order valence-corrected chi connectivity index (χ4v) is 3.51. The van der Waals surface area contributed by atoms with Gasteiger partial charge < -0.3 is 4.90 Å². The number of anilines is 1. The van der Waals surface area contributed by atoms with Crippen molar-refractivity contribution in [3.05, 3.63) is 18.1 Å². The van der Waals surface area contributed by atoms with Gasteiger partial charge in [-0.25, -0.2) is 9.97 Å². The molecule has 0 spiro atoms. The lowest BCUT2D eigenvalue weighted by Gasteiger charge is -2.32. The van der Waals surface area contributed by atoms with E-state index in [-0.39, 0.29) is 0 Å². The van der Waals surface area contributed by atoms with Gasteiger partial charge in [0.2, 0.25) is 0 Å². The van der Waals surface area contributed by atoms with Gasteiger partial charge in [0.05, 0.1) is 12.4 Å². The van der Waals surface area contributed by atoms with Crippen LogP contribution >= 0.6 is 0 Å². The average molecular weight is 271 g/mol. The SMILES string of the molecule is CN(c1cnc(C(F)(F)F)cn1)C1CC2CCC1C2. The second-order valence-electron chi connectivity index (χ2n) is 5.61. The van der Waals surface area contributed by atoms with E-state index in [1.807, 2.05) is 11.9 Å². The van der Waals surface area contributed by atoms with E-state index in [2.05, 4.69) is 9.97 Å². The van der Waals surface area contributed by atoms with E-state index in [0.29, 0.717) is 17.8 Å². The predicted octanol–water partition coefficient (Wildman–Crippen LogP) is 3.12. The van der Waals surface area contributed by atoms with Crippen LogP contribution in [0.4, 0.5) is 19.0 Å². The second-order valence-corrected chi connectivity index (χ2v) is 5.61. The standard InChI is InChI=1S/C13H16F3N3/c1-19(10-5-8-2-3-9(10)4-8)12-7-17-11(6-18-12)13(14,15)16/h6-10H,2-5H2,1H3. The maximum atomic E-state index is 12.4. The molecule has 2 bridgehead atoms. The lowest BCUT2D eigenvalue weighted by Crippen LogP contribution is -2.36. The predicted molar refractivity (Wildman–Crippen MR) is 64.7 cm³/mol. The van der Waals surface area contributed by atoms with Crippen molar-refractivity contribution in [2.45, 2.75) is 37.9 Å². The molecule has 1 heterocycles. The molecular weight excluding hydrogens is 255 g/mol. The van der Waals surface area contributed by atoms with E-state index < -0.39 is 11.9 Å². The molecule has 0 radical (unpaired) electrons. The Morgan fingerprint density at radius 3 is 2.42 bits per heavy atom. The summed E-state index contributed by atoms with van der Waals surface area (Å²) >= 11 is 0. The summed E-state index contributed by atoms with van der Waals surface area (Å²) in [6.45, 7) is 0. The minimum atomic E-state index is -4.42. The Kier molecular flexibility index (Phi) is 2.91. The summed E-state index contributed by atoms with van der Waals surface area (Å²) in [4.78, 5) is 9.39. The van der Waals surface area contributed by atoms with Gasteiger partial charge >= 0.3 is 6.18 Å². The maximum absolute atomic E-state index is 12.4. The molecule has 19 heavy (non-hydrogen) atoms. The molecule has 1 aromatic heterocycles. The minimum absolute atomic E-state index is 0.407. The number of rotatable bonds is 2. The lowest BCUT2D eigenvalue weighted by atomic mass is 9.94. The summed E-state index contributed by atoms with van der Waals surface area (Å²) in [5.74, 6) is 1.99. The van der Waals surface area contributed by atoms with Gasteiger partial charge in [0.1, 0.15) is 5.82 Å². The largest absolute Gasteiger partial charge is 0.434 e. The quantitative estimate of drug-likeness (QED) is 0.827. The number of aromatic nitrogens is 2. The summed E-state index contributed by atoms with van der Waals surface area (Å²) in [7, 11) is 1.91. The van der Waals surface area contributed by atoms with Gasteiger partial charge in [-0.05, 0) is 31.1 Å². The summed E-state index contributed by atoms with van der Waals surface area (Å²) in [5, 5.41) is 0. The zero-order chi connectivity index (χ0) is 13.6. The van der Waals surface area contributed by atoms with Crippen LogP contribution in [0.15, 0.2) is 12.4 Å². The Morgan fingerprint density at radius 2 is 1.95 bits per heavy atom. The van der Waals surface area contributed by atoms with Gasteiger partial charge in [0, 0.05) is 13.1 Å². The van der Waals surface area contributed by atoms with E-state index in [1.54, 1.807) is 0 Å². The topological polar surface area (TPSA) is 29.0 Å². The van der Waals surface area contributed by atoms with E-state index in [4.69, 9.17) is 0 Å². The number of hydrogen-bond donors (Lipinski definition) is 0. The highest BCUT2D eigenvalue weighted by molar-refractivity contribution is 5.37. The first-order valence-electron chi connectivity index (χ1n) is 6.57. The van der Waals surface area contributed by atoms with E-state index in [9.17, 15) is 13.2 Å². The molecule has 3 atom stereocenters. The molecule has 1 aromatic rings. The Labute approximate surface area is 109 Å². The maximum Gasteiger partial charge on any atom is 0.434 e. The number of halogens is 3. The highest BCUT2D eigenvalue weighted by Gasteiger charge is 2.42. The first-order valence-corrected chi connectivity index (χ1v) is 6.57.